The normalized spacial score (nSPS) is 13.2. The van der Waals surface area contributed by atoms with E-state index in [1.54, 1.807) is 45.9 Å². The highest BCUT2D eigenvalue weighted by atomic mass is 16.6. The molecule has 0 aromatic heterocycles. The number of hydrogen-bond donors (Lipinski definition) is 3. The highest BCUT2D eigenvalue weighted by molar-refractivity contribution is 5.92. The van der Waals surface area contributed by atoms with Crippen LogP contribution in [0.25, 0.3) is 0 Å². The van der Waals surface area contributed by atoms with Gasteiger partial charge in [-0.15, -0.1) is 0 Å². The Labute approximate surface area is 204 Å². The number of unbranched alkanes of at least 4 members (excludes halogenated alkanes) is 4. The Morgan fingerprint density at radius 3 is 2.18 bits per heavy atom. The number of ether oxygens (including phenoxy) is 1. The number of aromatic hydroxyl groups is 1. The first-order valence-electron chi connectivity index (χ1n) is 12.3. The topological polar surface area (TPSA) is 108 Å². The molecule has 0 aliphatic carbocycles. The number of carbonyl (C=O) groups excluding carboxylic acids is 3. The summed E-state index contributed by atoms with van der Waals surface area (Å²) in [5.41, 5.74) is -0.367. The van der Waals surface area contributed by atoms with E-state index in [9.17, 15) is 19.5 Å². The molecule has 2 unspecified atom stereocenters. The predicted octanol–water partition coefficient (Wildman–Crippen LogP) is 4.67. The maximum atomic E-state index is 13.6. The molecule has 1 aromatic carbocycles. The molecule has 0 heterocycles. The molecule has 2 atom stereocenters. The standard InChI is InChI=1S/C26H43N3O5/c1-8-9-10-11-14-17-29(24(32)19(4)28-25(33)34-26(5,6)7)22(23(31)27-18(2)3)20-15-12-13-16-21(20)30/h12-13,15-16,18-19,22,30H,8-11,14,17H2,1-7H3,(H,27,31)(H,28,33). The number of carbonyl (C=O) groups is 3. The van der Waals surface area contributed by atoms with Gasteiger partial charge in [0, 0.05) is 18.2 Å². The van der Waals surface area contributed by atoms with E-state index in [1.807, 2.05) is 13.8 Å². The number of nitrogens with one attached hydrogen (secondary N) is 2. The van der Waals surface area contributed by atoms with Crippen LogP contribution in [-0.2, 0) is 14.3 Å². The van der Waals surface area contributed by atoms with Crippen molar-refractivity contribution in [2.75, 3.05) is 6.54 Å². The van der Waals surface area contributed by atoms with Crippen LogP contribution in [0.4, 0.5) is 4.79 Å². The molecular formula is C26H43N3O5. The number of para-hydroxylation sites is 1. The summed E-state index contributed by atoms with van der Waals surface area (Å²) in [7, 11) is 0. The molecule has 3 amide bonds. The van der Waals surface area contributed by atoms with Crippen LogP contribution in [0.1, 0.15) is 92.2 Å². The van der Waals surface area contributed by atoms with Crippen LogP contribution in [0.2, 0.25) is 0 Å². The number of amides is 3. The Balaban J connectivity index is 3.27. The molecule has 8 heteroatoms. The van der Waals surface area contributed by atoms with E-state index in [4.69, 9.17) is 4.74 Å². The lowest BCUT2D eigenvalue weighted by Gasteiger charge is -2.34. The van der Waals surface area contributed by atoms with Gasteiger partial charge in [0.25, 0.3) is 0 Å². The average Bonchev–Trinajstić information content (AvgIpc) is 2.71. The largest absolute Gasteiger partial charge is 0.508 e. The number of rotatable bonds is 12. The maximum Gasteiger partial charge on any atom is 0.408 e. The molecule has 1 rings (SSSR count). The monoisotopic (exact) mass is 477 g/mol. The fourth-order valence-corrected chi connectivity index (χ4v) is 3.58. The Morgan fingerprint density at radius 1 is 1.00 bits per heavy atom. The zero-order chi connectivity index (χ0) is 25.9. The molecule has 8 nitrogen and oxygen atoms in total. The molecule has 0 bridgehead atoms. The van der Waals surface area contributed by atoms with Crippen LogP contribution in [0.15, 0.2) is 24.3 Å². The van der Waals surface area contributed by atoms with E-state index in [1.165, 1.54) is 11.0 Å². The van der Waals surface area contributed by atoms with Gasteiger partial charge in [0.05, 0.1) is 0 Å². The molecular weight excluding hydrogens is 434 g/mol. The molecule has 3 N–H and O–H groups in total. The van der Waals surface area contributed by atoms with Crippen LogP contribution in [0, 0.1) is 0 Å². The third-order valence-electron chi connectivity index (χ3n) is 5.11. The van der Waals surface area contributed by atoms with Crippen molar-refractivity contribution >= 4 is 17.9 Å². The van der Waals surface area contributed by atoms with Crippen LogP contribution in [-0.4, -0.2) is 52.1 Å². The third-order valence-corrected chi connectivity index (χ3v) is 5.11. The lowest BCUT2D eigenvalue weighted by Crippen LogP contribution is -2.52. The van der Waals surface area contributed by atoms with Crippen molar-refractivity contribution < 1.29 is 24.2 Å². The number of phenols is 1. The molecule has 0 aliphatic rings. The number of alkyl carbamates (subject to hydrolysis) is 1. The highest BCUT2D eigenvalue weighted by Crippen LogP contribution is 2.30. The minimum atomic E-state index is -1.04. The molecule has 0 saturated carbocycles. The van der Waals surface area contributed by atoms with E-state index in [0.29, 0.717) is 18.5 Å². The van der Waals surface area contributed by atoms with E-state index in [-0.39, 0.29) is 17.7 Å². The second kappa shape index (κ2) is 13.8. The van der Waals surface area contributed by atoms with Gasteiger partial charge in [-0.25, -0.2) is 4.79 Å². The second-order valence-electron chi connectivity index (χ2n) is 9.94. The fraction of sp³-hybridized carbons (Fsp3) is 0.654. The molecule has 0 radical (unpaired) electrons. The summed E-state index contributed by atoms with van der Waals surface area (Å²) in [6, 6.07) is 4.41. The van der Waals surface area contributed by atoms with E-state index >= 15 is 0 Å². The van der Waals surface area contributed by atoms with Crippen molar-refractivity contribution in [2.24, 2.45) is 0 Å². The van der Waals surface area contributed by atoms with Gasteiger partial charge in [-0.3, -0.25) is 9.59 Å². The van der Waals surface area contributed by atoms with Gasteiger partial charge >= 0.3 is 6.09 Å². The van der Waals surface area contributed by atoms with Gasteiger partial charge in [0.2, 0.25) is 11.8 Å². The molecule has 1 aromatic rings. The quantitative estimate of drug-likeness (QED) is 0.379. The molecule has 0 spiro atoms. The number of hydrogen-bond acceptors (Lipinski definition) is 5. The number of nitrogens with zero attached hydrogens (tertiary/aromatic N) is 1. The summed E-state index contributed by atoms with van der Waals surface area (Å²) in [6.07, 6.45) is 4.12. The molecule has 192 valence electrons. The predicted molar refractivity (Wildman–Crippen MR) is 133 cm³/mol. The van der Waals surface area contributed by atoms with Gasteiger partial charge < -0.3 is 25.4 Å². The Hall–Kier alpha value is -2.77. The van der Waals surface area contributed by atoms with Crippen molar-refractivity contribution in [1.82, 2.24) is 15.5 Å². The van der Waals surface area contributed by atoms with E-state index < -0.39 is 29.7 Å². The van der Waals surface area contributed by atoms with E-state index in [0.717, 1.165) is 25.7 Å². The average molecular weight is 478 g/mol. The first kappa shape index (κ1) is 29.3. The first-order valence-corrected chi connectivity index (χ1v) is 12.3. The Morgan fingerprint density at radius 2 is 1.62 bits per heavy atom. The van der Waals surface area contributed by atoms with Crippen LogP contribution in [0.5, 0.6) is 5.75 Å². The summed E-state index contributed by atoms with van der Waals surface area (Å²) >= 11 is 0. The van der Waals surface area contributed by atoms with E-state index in [2.05, 4.69) is 17.6 Å². The molecule has 0 saturated heterocycles. The molecule has 0 fully saturated rings. The lowest BCUT2D eigenvalue weighted by molar-refractivity contribution is -0.142. The number of benzene rings is 1. The third kappa shape index (κ3) is 10.0. The first-order chi connectivity index (χ1) is 15.9. The fourth-order valence-electron chi connectivity index (χ4n) is 3.58. The van der Waals surface area contributed by atoms with Crippen molar-refractivity contribution in [2.45, 2.75) is 104 Å². The smallest absolute Gasteiger partial charge is 0.408 e. The van der Waals surface area contributed by atoms with Crippen LogP contribution >= 0.6 is 0 Å². The minimum Gasteiger partial charge on any atom is -0.508 e. The highest BCUT2D eigenvalue weighted by Gasteiger charge is 2.35. The van der Waals surface area contributed by atoms with Gasteiger partial charge in [-0.2, -0.15) is 0 Å². The van der Waals surface area contributed by atoms with Gasteiger partial charge in [-0.1, -0.05) is 50.8 Å². The van der Waals surface area contributed by atoms with Crippen molar-refractivity contribution in [3.63, 3.8) is 0 Å². The summed E-state index contributed by atoms with van der Waals surface area (Å²) in [6.45, 7) is 12.9. The summed E-state index contributed by atoms with van der Waals surface area (Å²) in [4.78, 5) is 40.6. The number of phenolic OH excluding ortho intramolecular Hbond substituents is 1. The zero-order valence-corrected chi connectivity index (χ0v) is 21.8. The lowest BCUT2D eigenvalue weighted by atomic mass is 10.0. The molecule has 34 heavy (non-hydrogen) atoms. The van der Waals surface area contributed by atoms with Crippen LogP contribution in [0.3, 0.4) is 0 Å². The summed E-state index contributed by atoms with van der Waals surface area (Å²) < 4.78 is 5.29. The van der Waals surface area contributed by atoms with Gasteiger partial charge in [0.1, 0.15) is 23.4 Å². The van der Waals surface area contributed by atoms with Crippen molar-refractivity contribution in [3.05, 3.63) is 29.8 Å². The van der Waals surface area contributed by atoms with Gasteiger partial charge in [-0.05, 0) is 54.0 Å². The van der Waals surface area contributed by atoms with Crippen molar-refractivity contribution in [1.29, 1.82) is 0 Å². The van der Waals surface area contributed by atoms with Crippen LogP contribution < -0.4 is 10.6 Å². The van der Waals surface area contributed by atoms with Crippen molar-refractivity contribution in [3.8, 4) is 5.75 Å². The Bertz CT molecular complexity index is 804. The zero-order valence-electron chi connectivity index (χ0n) is 21.8. The van der Waals surface area contributed by atoms with Gasteiger partial charge in [0.15, 0.2) is 0 Å². The second-order valence-corrected chi connectivity index (χ2v) is 9.94. The SMILES string of the molecule is CCCCCCCN(C(=O)C(C)NC(=O)OC(C)(C)C)C(C(=O)NC(C)C)c1ccccc1O. The molecule has 0 aliphatic heterocycles. The maximum absolute atomic E-state index is 13.6. The summed E-state index contributed by atoms with van der Waals surface area (Å²) in [5, 5.41) is 16.0. The Kier molecular flexibility index (Phi) is 11.9. The summed E-state index contributed by atoms with van der Waals surface area (Å²) in [5.74, 6) is -0.876. The minimum absolute atomic E-state index is 0.0667.